The molecule has 0 aromatic rings. The minimum atomic E-state index is -1.27. The Labute approximate surface area is 216 Å². The van der Waals surface area contributed by atoms with Gasteiger partial charge in [-0.1, -0.05) is 21.6 Å². The van der Waals surface area contributed by atoms with Crippen LogP contribution in [-0.4, -0.2) is 104 Å². The van der Waals surface area contributed by atoms with Crippen molar-refractivity contribution in [1.82, 2.24) is 10.6 Å². The first kappa shape index (κ1) is 35.5. The van der Waals surface area contributed by atoms with Gasteiger partial charge in [0.2, 0.25) is 11.8 Å². The minimum absolute atomic E-state index is 0.135. The van der Waals surface area contributed by atoms with Gasteiger partial charge in [-0.25, -0.2) is 0 Å². The summed E-state index contributed by atoms with van der Waals surface area (Å²) < 4.78 is 2.48. The smallest absolute Gasteiger partial charge is 0.322 e. The van der Waals surface area contributed by atoms with Crippen molar-refractivity contribution in [3.63, 3.8) is 0 Å². The van der Waals surface area contributed by atoms with Gasteiger partial charge in [-0.05, 0) is 6.42 Å². The molecule has 4 atom stereocenters. The quantitative estimate of drug-likeness (QED) is 0.0351. The molecule has 0 heterocycles. The largest absolute Gasteiger partial charge is 0.480 e. The van der Waals surface area contributed by atoms with Crippen LogP contribution in [0.5, 0.6) is 0 Å². The van der Waals surface area contributed by atoms with Crippen LogP contribution in [0, 0.1) is 4.91 Å². The number of hydrogen-bond acceptors (Lipinski definition) is 14. The number of carboxylic acid groups (broad SMARTS) is 4. The van der Waals surface area contributed by atoms with E-state index in [-0.39, 0.29) is 30.1 Å². The fourth-order valence-electron chi connectivity index (χ4n) is 1.64. The number of nitrogens with two attached hydrogens (primary N) is 3. The highest BCUT2D eigenvalue weighted by atomic mass is 33.1. The lowest BCUT2D eigenvalue weighted by atomic mass is 10.1. The number of nitrogens with zero attached hydrogens (tertiary/aromatic N) is 1. The molecule has 0 saturated heterocycles. The van der Waals surface area contributed by atoms with E-state index in [2.05, 4.69) is 15.2 Å². The van der Waals surface area contributed by atoms with Gasteiger partial charge in [-0.2, -0.15) is 0 Å². The minimum Gasteiger partial charge on any atom is -0.480 e. The summed E-state index contributed by atoms with van der Waals surface area (Å²) in [5.41, 5.74) is 15.7. The SMILES string of the molecule is NC(CCC(=O)NC(CSN=O)C(=O)NCC(=O)O)C(=O)O.NC(CSSCC(N)C(=O)O)C(=O)O. The molecule has 0 rings (SSSR count). The topological polar surface area (TPSA) is 315 Å². The number of carboxylic acids is 4. The van der Waals surface area contributed by atoms with Crippen molar-refractivity contribution < 1.29 is 49.2 Å². The highest BCUT2D eigenvalue weighted by Gasteiger charge is 2.22. The number of aliphatic carboxylic acids is 4. The molecule has 2 amide bonds. The monoisotopic (exact) mass is 576 g/mol. The Morgan fingerprint density at radius 3 is 1.64 bits per heavy atom. The van der Waals surface area contributed by atoms with Gasteiger partial charge < -0.3 is 48.3 Å². The zero-order valence-corrected chi connectivity index (χ0v) is 21.1. The molecule has 0 spiro atoms. The summed E-state index contributed by atoms with van der Waals surface area (Å²) in [4.78, 5) is 74.8. The Hall–Kier alpha value is -2.65. The summed E-state index contributed by atoms with van der Waals surface area (Å²) in [6.07, 6.45) is -0.376. The highest BCUT2D eigenvalue weighted by Crippen LogP contribution is 2.22. The normalized spacial score (nSPS) is 13.5. The number of carbonyl (C=O) groups excluding carboxylic acids is 2. The third-order valence-electron chi connectivity index (χ3n) is 3.57. The zero-order valence-electron chi connectivity index (χ0n) is 18.6. The van der Waals surface area contributed by atoms with Crippen molar-refractivity contribution in [3.8, 4) is 0 Å². The van der Waals surface area contributed by atoms with Crippen molar-refractivity contribution in [2.45, 2.75) is 37.0 Å². The number of nitroso groups, excluding NO2 is 1. The summed E-state index contributed by atoms with van der Waals surface area (Å²) in [6.45, 7) is -0.645. The number of hydrogen-bond donors (Lipinski definition) is 9. The van der Waals surface area contributed by atoms with E-state index in [9.17, 15) is 33.7 Å². The lowest BCUT2D eigenvalue weighted by Gasteiger charge is -2.16. The van der Waals surface area contributed by atoms with Gasteiger partial charge in [0.05, 0.1) is 0 Å². The summed E-state index contributed by atoms with van der Waals surface area (Å²) in [6, 6.07) is -4.23. The van der Waals surface area contributed by atoms with Crippen LogP contribution >= 0.6 is 33.5 Å². The third kappa shape index (κ3) is 19.6. The number of nitrogens with one attached hydrogen (secondary N) is 2. The van der Waals surface area contributed by atoms with Gasteiger partial charge in [-0.15, -0.1) is 4.91 Å². The molecule has 0 aliphatic rings. The van der Waals surface area contributed by atoms with E-state index in [1.54, 1.807) is 0 Å². The van der Waals surface area contributed by atoms with Crippen LogP contribution in [0.25, 0.3) is 0 Å². The molecule has 17 nitrogen and oxygen atoms in total. The van der Waals surface area contributed by atoms with Crippen LogP contribution in [0.4, 0.5) is 0 Å². The first-order valence-corrected chi connectivity index (χ1v) is 13.1. The molecule has 20 heteroatoms. The molecule has 36 heavy (non-hydrogen) atoms. The molecule has 206 valence electrons. The van der Waals surface area contributed by atoms with E-state index in [0.717, 1.165) is 0 Å². The van der Waals surface area contributed by atoms with E-state index in [1.807, 2.05) is 0 Å². The highest BCUT2D eigenvalue weighted by molar-refractivity contribution is 8.76. The van der Waals surface area contributed by atoms with Crippen molar-refractivity contribution in [2.24, 2.45) is 21.8 Å². The van der Waals surface area contributed by atoms with Gasteiger partial charge in [0.25, 0.3) is 0 Å². The van der Waals surface area contributed by atoms with Crippen molar-refractivity contribution in [2.75, 3.05) is 23.8 Å². The summed E-state index contributed by atoms with van der Waals surface area (Å²) in [7, 11) is 2.41. The van der Waals surface area contributed by atoms with E-state index < -0.39 is 66.4 Å². The average Bonchev–Trinajstić information content (AvgIpc) is 2.80. The fourth-order valence-corrected chi connectivity index (χ4v) is 4.31. The summed E-state index contributed by atoms with van der Waals surface area (Å²) in [5, 5.41) is 38.2. The van der Waals surface area contributed by atoms with Crippen LogP contribution < -0.4 is 27.8 Å². The van der Waals surface area contributed by atoms with E-state index in [1.165, 1.54) is 21.6 Å². The molecular weight excluding hydrogens is 548 g/mol. The maximum Gasteiger partial charge on any atom is 0.322 e. The lowest BCUT2D eigenvalue weighted by molar-refractivity contribution is -0.139. The lowest BCUT2D eigenvalue weighted by Crippen LogP contribution is -2.49. The molecule has 12 N–H and O–H groups in total. The van der Waals surface area contributed by atoms with Gasteiger partial charge in [0.15, 0.2) is 0 Å². The standard InChI is InChI=1S/C10H16N4O7S.C6H12N2O4S2/c11-5(10(19)20)1-2-7(15)13-6(4-22-14-21)9(18)12-3-8(16)17;7-3(5(9)10)1-13-14-2-4(8)6(11)12/h5-6H,1-4,11H2,(H,12,18)(H,13,15)(H,16,17)(H,19,20);3-4H,1-2,7-8H2,(H,9,10)(H,11,12). The summed E-state index contributed by atoms with van der Waals surface area (Å²) >= 11 is 0.478. The van der Waals surface area contributed by atoms with Crippen molar-refractivity contribution in [3.05, 3.63) is 4.91 Å². The van der Waals surface area contributed by atoms with Gasteiger partial charge >= 0.3 is 23.9 Å². The molecular formula is C16H28N6O11S3. The second-order valence-electron chi connectivity index (χ2n) is 6.54. The maximum atomic E-state index is 11.7. The van der Waals surface area contributed by atoms with Gasteiger partial charge in [0, 0.05) is 40.2 Å². The zero-order chi connectivity index (χ0) is 28.3. The molecule has 0 aliphatic heterocycles. The molecule has 4 unspecified atom stereocenters. The van der Waals surface area contributed by atoms with Crippen LogP contribution in [0.1, 0.15) is 12.8 Å². The van der Waals surface area contributed by atoms with Crippen LogP contribution in [0.3, 0.4) is 0 Å². The second kappa shape index (κ2) is 20.5. The molecule has 0 fully saturated rings. The number of amides is 2. The summed E-state index contributed by atoms with van der Waals surface area (Å²) in [5.74, 6) is -5.85. The Morgan fingerprint density at radius 1 is 0.778 bits per heavy atom. The molecule has 0 bridgehead atoms. The average molecular weight is 577 g/mol. The Balaban J connectivity index is 0. The van der Waals surface area contributed by atoms with Crippen molar-refractivity contribution >= 4 is 69.2 Å². The first-order chi connectivity index (χ1) is 16.7. The van der Waals surface area contributed by atoms with E-state index >= 15 is 0 Å². The van der Waals surface area contributed by atoms with Crippen LogP contribution in [0.2, 0.25) is 0 Å². The second-order valence-corrected chi connectivity index (χ2v) is 9.84. The van der Waals surface area contributed by atoms with Crippen LogP contribution in [-0.2, 0) is 28.8 Å². The fraction of sp³-hybridized carbons (Fsp3) is 0.625. The number of rotatable bonds is 18. The Kier molecular flexibility index (Phi) is 20.3. The molecule has 0 radical (unpaired) electrons. The van der Waals surface area contributed by atoms with E-state index in [4.69, 9.17) is 37.6 Å². The first-order valence-electron chi connectivity index (χ1n) is 9.65. The van der Waals surface area contributed by atoms with Gasteiger partial charge in [0.1, 0.15) is 30.7 Å². The Bertz CT molecular complexity index is 754. The molecule has 0 aromatic carbocycles. The Morgan fingerprint density at radius 2 is 1.25 bits per heavy atom. The molecule has 0 aliphatic carbocycles. The van der Waals surface area contributed by atoms with Gasteiger partial charge in [-0.3, -0.25) is 28.8 Å². The maximum absolute atomic E-state index is 11.7. The third-order valence-corrected chi connectivity index (χ3v) is 6.63. The van der Waals surface area contributed by atoms with E-state index in [0.29, 0.717) is 11.9 Å². The van der Waals surface area contributed by atoms with Crippen molar-refractivity contribution in [1.29, 1.82) is 0 Å². The molecule has 0 saturated carbocycles. The predicted molar refractivity (Wildman–Crippen MR) is 132 cm³/mol. The predicted octanol–water partition coefficient (Wildman–Crippen LogP) is -2.53. The molecule has 0 aromatic heterocycles. The number of carbonyl (C=O) groups is 6. The van der Waals surface area contributed by atoms with Crippen LogP contribution in [0.15, 0.2) is 4.58 Å².